The van der Waals surface area contributed by atoms with Crippen LogP contribution in [0, 0.1) is 21.4 Å². The van der Waals surface area contributed by atoms with Crippen molar-refractivity contribution in [2.75, 3.05) is 11.4 Å². The van der Waals surface area contributed by atoms with E-state index in [4.69, 9.17) is 25.5 Å². The fourth-order valence-electron chi connectivity index (χ4n) is 3.33. The van der Waals surface area contributed by atoms with Crippen molar-refractivity contribution in [3.63, 3.8) is 0 Å². The number of carbonyl (C=O) groups excluding carboxylic acids is 1. The van der Waals surface area contributed by atoms with E-state index in [1.807, 2.05) is 0 Å². The lowest BCUT2D eigenvalue weighted by Crippen LogP contribution is -2.41. The molecule has 0 saturated heterocycles. The number of nitro groups is 1. The Morgan fingerprint density at radius 2 is 1.92 bits per heavy atom. The van der Waals surface area contributed by atoms with E-state index in [0.29, 0.717) is 27.6 Å². The number of halogens is 1. The first kappa shape index (κ1) is 24.4. The predicted molar refractivity (Wildman–Crippen MR) is 129 cm³/mol. The standard InChI is InChI=1S/C24H18ClN5O6/c1-3-29(22-11-10-20(30(32)33)19(13-26)27-22)23(31)14(2)34-16-5-7-17(8-6-16)35-24-28-18-9-4-15(25)12-21(18)36-24/h4-12,14H,3H2,1-2H3. The number of oxazole rings is 1. The molecule has 2 aromatic heterocycles. The Bertz CT molecular complexity index is 1480. The van der Waals surface area contributed by atoms with Gasteiger partial charge in [-0.05, 0) is 56.3 Å². The van der Waals surface area contributed by atoms with Crippen LogP contribution in [0.4, 0.5) is 11.5 Å². The summed E-state index contributed by atoms with van der Waals surface area (Å²) in [5.74, 6) is 0.517. The number of anilines is 1. The second-order valence-electron chi connectivity index (χ2n) is 7.41. The lowest BCUT2D eigenvalue weighted by molar-refractivity contribution is -0.385. The van der Waals surface area contributed by atoms with Crippen LogP contribution in [0.2, 0.25) is 5.02 Å². The van der Waals surface area contributed by atoms with Gasteiger partial charge in [0.05, 0.1) is 4.92 Å². The molecule has 2 heterocycles. The minimum atomic E-state index is -0.916. The quantitative estimate of drug-likeness (QED) is 0.230. The molecular weight excluding hydrogens is 490 g/mol. The van der Waals surface area contributed by atoms with Gasteiger partial charge in [-0.25, -0.2) is 4.98 Å². The van der Waals surface area contributed by atoms with Crippen molar-refractivity contribution in [3.05, 3.63) is 75.4 Å². The molecule has 1 unspecified atom stereocenters. The number of nitrogens with zero attached hydrogens (tertiary/aromatic N) is 5. The summed E-state index contributed by atoms with van der Waals surface area (Å²) in [7, 11) is 0. The van der Waals surface area contributed by atoms with E-state index in [-0.39, 0.29) is 24.1 Å². The van der Waals surface area contributed by atoms with Gasteiger partial charge in [0.15, 0.2) is 11.7 Å². The number of ether oxygens (including phenoxy) is 2. The van der Waals surface area contributed by atoms with Gasteiger partial charge in [0, 0.05) is 23.7 Å². The smallest absolute Gasteiger partial charge is 0.400 e. The first-order chi connectivity index (χ1) is 17.3. The molecule has 1 atom stereocenters. The van der Waals surface area contributed by atoms with E-state index in [9.17, 15) is 20.2 Å². The molecule has 0 spiro atoms. The van der Waals surface area contributed by atoms with Crippen LogP contribution in [0.3, 0.4) is 0 Å². The molecule has 0 N–H and O–H groups in total. The average molecular weight is 508 g/mol. The molecule has 11 nitrogen and oxygen atoms in total. The maximum atomic E-state index is 13.0. The normalized spacial score (nSPS) is 11.5. The summed E-state index contributed by atoms with van der Waals surface area (Å²) in [6, 6.07) is 15.7. The lowest BCUT2D eigenvalue weighted by Gasteiger charge is -2.24. The summed E-state index contributed by atoms with van der Waals surface area (Å²) < 4.78 is 16.9. The first-order valence-corrected chi connectivity index (χ1v) is 11.0. The fraction of sp³-hybridized carbons (Fsp3) is 0.167. The number of fused-ring (bicyclic) bond motifs is 1. The largest absolute Gasteiger partial charge is 0.481 e. The number of aromatic nitrogens is 2. The third-order valence-electron chi connectivity index (χ3n) is 5.04. The molecule has 2 aromatic carbocycles. The number of amides is 1. The zero-order valence-electron chi connectivity index (χ0n) is 19.0. The number of carbonyl (C=O) groups is 1. The van der Waals surface area contributed by atoms with Crippen LogP contribution in [-0.4, -0.2) is 33.4 Å². The Balaban J connectivity index is 1.43. The molecule has 182 valence electrons. The lowest BCUT2D eigenvalue weighted by atomic mass is 10.2. The third kappa shape index (κ3) is 5.18. The van der Waals surface area contributed by atoms with Crippen LogP contribution in [-0.2, 0) is 4.79 Å². The van der Waals surface area contributed by atoms with Crippen LogP contribution < -0.4 is 14.4 Å². The zero-order valence-corrected chi connectivity index (χ0v) is 19.8. The molecular formula is C24H18ClN5O6. The molecule has 1 amide bonds. The highest BCUT2D eigenvalue weighted by atomic mass is 35.5. The highest BCUT2D eigenvalue weighted by Crippen LogP contribution is 2.29. The molecule has 0 aliphatic carbocycles. The van der Waals surface area contributed by atoms with Gasteiger partial charge in [0.2, 0.25) is 5.69 Å². The second-order valence-corrected chi connectivity index (χ2v) is 7.85. The number of nitriles is 1. The van der Waals surface area contributed by atoms with Gasteiger partial charge >= 0.3 is 11.8 Å². The molecule has 0 aliphatic rings. The second kappa shape index (κ2) is 10.3. The summed E-state index contributed by atoms with van der Waals surface area (Å²) in [5, 5.41) is 20.7. The molecule has 0 aliphatic heterocycles. The van der Waals surface area contributed by atoms with Crippen LogP contribution in [0.1, 0.15) is 19.5 Å². The van der Waals surface area contributed by atoms with Crippen molar-refractivity contribution in [2.24, 2.45) is 0 Å². The van der Waals surface area contributed by atoms with E-state index in [2.05, 4.69) is 9.97 Å². The third-order valence-corrected chi connectivity index (χ3v) is 5.28. The fourth-order valence-corrected chi connectivity index (χ4v) is 3.50. The summed E-state index contributed by atoms with van der Waals surface area (Å²) in [5.41, 5.74) is 0.286. The van der Waals surface area contributed by atoms with Gasteiger partial charge in [0.1, 0.15) is 28.9 Å². The van der Waals surface area contributed by atoms with Gasteiger partial charge in [-0.3, -0.25) is 19.8 Å². The van der Waals surface area contributed by atoms with Gasteiger partial charge < -0.3 is 13.9 Å². The van der Waals surface area contributed by atoms with Gasteiger partial charge in [-0.15, -0.1) is 0 Å². The van der Waals surface area contributed by atoms with E-state index >= 15 is 0 Å². The minimum absolute atomic E-state index is 0.0513. The molecule has 4 rings (SSSR count). The maximum Gasteiger partial charge on any atom is 0.400 e. The molecule has 0 saturated carbocycles. The Hall–Kier alpha value is -4.69. The number of pyridine rings is 1. The minimum Gasteiger partial charge on any atom is -0.481 e. The van der Waals surface area contributed by atoms with Crippen molar-refractivity contribution in [2.45, 2.75) is 20.0 Å². The van der Waals surface area contributed by atoms with Crippen molar-refractivity contribution < 1.29 is 23.6 Å². The molecule has 0 fully saturated rings. The van der Waals surface area contributed by atoms with Crippen molar-refractivity contribution in [1.82, 2.24) is 9.97 Å². The SMILES string of the molecule is CCN(C(=O)C(C)Oc1ccc(Oc2nc3ccc(Cl)cc3o2)cc1)c1ccc([N+](=O)[O-])c(C#N)n1. The molecule has 12 heteroatoms. The van der Waals surface area contributed by atoms with Gasteiger partial charge in [-0.2, -0.15) is 10.2 Å². The van der Waals surface area contributed by atoms with Gasteiger partial charge in [-0.1, -0.05) is 11.6 Å². The number of hydrogen-bond donors (Lipinski definition) is 0. The maximum absolute atomic E-state index is 13.0. The van der Waals surface area contributed by atoms with Crippen molar-refractivity contribution >= 4 is 40.1 Å². The van der Waals surface area contributed by atoms with Crippen molar-refractivity contribution in [3.8, 4) is 23.6 Å². The van der Waals surface area contributed by atoms with Crippen LogP contribution in [0.25, 0.3) is 11.1 Å². The van der Waals surface area contributed by atoms with Crippen molar-refractivity contribution in [1.29, 1.82) is 5.26 Å². The summed E-state index contributed by atoms with van der Waals surface area (Å²) in [6.07, 6.45) is -0.864. The first-order valence-electron chi connectivity index (χ1n) is 10.7. The Morgan fingerprint density at radius 3 is 2.58 bits per heavy atom. The van der Waals surface area contributed by atoms with E-state index in [1.54, 1.807) is 62.4 Å². The molecule has 36 heavy (non-hydrogen) atoms. The summed E-state index contributed by atoms with van der Waals surface area (Å²) in [4.78, 5) is 32.8. The Morgan fingerprint density at radius 1 is 1.19 bits per heavy atom. The summed E-state index contributed by atoms with van der Waals surface area (Å²) in [6.45, 7) is 3.49. The van der Waals surface area contributed by atoms with Crippen LogP contribution >= 0.6 is 11.6 Å². The highest BCUT2D eigenvalue weighted by Gasteiger charge is 2.25. The molecule has 0 radical (unpaired) electrons. The Kier molecular flexibility index (Phi) is 6.98. The highest BCUT2D eigenvalue weighted by molar-refractivity contribution is 6.31. The zero-order chi connectivity index (χ0) is 25.8. The molecule has 0 bridgehead atoms. The number of benzene rings is 2. The monoisotopic (exact) mass is 507 g/mol. The summed E-state index contributed by atoms with van der Waals surface area (Å²) >= 11 is 5.95. The van der Waals surface area contributed by atoms with Crippen LogP contribution in [0.5, 0.6) is 17.6 Å². The average Bonchev–Trinajstić information content (AvgIpc) is 3.26. The van der Waals surface area contributed by atoms with E-state index in [1.165, 1.54) is 11.0 Å². The molecule has 4 aromatic rings. The van der Waals surface area contributed by atoms with Gasteiger partial charge in [0.25, 0.3) is 5.91 Å². The Labute approximate surface area is 209 Å². The van der Waals surface area contributed by atoms with E-state index in [0.717, 1.165) is 6.07 Å². The predicted octanol–water partition coefficient (Wildman–Crippen LogP) is 5.27. The topological polar surface area (TPSA) is 145 Å². The van der Waals surface area contributed by atoms with E-state index < -0.39 is 22.6 Å². The number of hydrogen-bond acceptors (Lipinski definition) is 9. The number of likely N-dealkylation sites (N-methyl/N-ethyl adjacent to an activating group) is 1. The number of rotatable bonds is 8. The van der Waals surface area contributed by atoms with Crippen LogP contribution in [0.15, 0.2) is 59.0 Å².